The van der Waals surface area contributed by atoms with Gasteiger partial charge in [0.25, 0.3) is 0 Å². The van der Waals surface area contributed by atoms with Gasteiger partial charge in [0.2, 0.25) is 5.91 Å². The zero-order chi connectivity index (χ0) is 25.3. The molecule has 2 saturated heterocycles. The Kier molecular flexibility index (Phi) is 9.11. The second-order valence-corrected chi connectivity index (χ2v) is 9.78. The van der Waals surface area contributed by atoms with Gasteiger partial charge in [0.05, 0.1) is 11.5 Å². The molecule has 1 N–H and O–H groups in total. The summed E-state index contributed by atoms with van der Waals surface area (Å²) >= 11 is 0. The van der Waals surface area contributed by atoms with Gasteiger partial charge in [0, 0.05) is 31.5 Å². The fourth-order valence-electron chi connectivity index (χ4n) is 5.38. The SMILES string of the molecule is CN1[C@H]2CC[C@@H]1[C@@H](C(=O)NCCCCCC(=O)OCc1ccccc1)[C@@H](OC(=O)c1ccccc1)C2. The molecule has 2 aliphatic heterocycles. The molecule has 0 radical (unpaired) electrons. The number of hydrogen-bond donors (Lipinski definition) is 1. The van der Waals surface area contributed by atoms with Crippen molar-refractivity contribution in [3.63, 3.8) is 0 Å². The molecule has 2 fully saturated rings. The van der Waals surface area contributed by atoms with Crippen molar-refractivity contribution in [2.45, 2.75) is 69.7 Å². The summed E-state index contributed by atoms with van der Waals surface area (Å²) in [6.45, 7) is 0.831. The predicted octanol–water partition coefficient (Wildman–Crippen LogP) is 4.11. The second-order valence-electron chi connectivity index (χ2n) is 9.78. The van der Waals surface area contributed by atoms with E-state index >= 15 is 0 Å². The fourth-order valence-corrected chi connectivity index (χ4v) is 5.38. The van der Waals surface area contributed by atoms with Gasteiger partial charge in [-0.2, -0.15) is 0 Å². The molecule has 0 spiro atoms. The Balaban J connectivity index is 1.20. The van der Waals surface area contributed by atoms with Gasteiger partial charge in [0.15, 0.2) is 0 Å². The van der Waals surface area contributed by atoms with Crippen molar-refractivity contribution in [3.05, 3.63) is 71.8 Å². The van der Waals surface area contributed by atoms with Crippen molar-refractivity contribution in [1.82, 2.24) is 10.2 Å². The lowest BCUT2D eigenvalue weighted by Gasteiger charge is -2.41. The maximum atomic E-state index is 13.2. The maximum Gasteiger partial charge on any atom is 0.338 e. The van der Waals surface area contributed by atoms with Gasteiger partial charge in [-0.1, -0.05) is 55.0 Å². The number of rotatable bonds is 11. The molecule has 36 heavy (non-hydrogen) atoms. The average Bonchev–Trinajstić information content (AvgIpc) is 3.13. The number of carbonyl (C=O) groups is 3. The number of ether oxygens (including phenoxy) is 2. The molecule has 2 aliphatic rings. The largest absolute Gasteiger partial charge is 0.461 e. The predicted molar refractivity (Wildman–Crippen MR) is 136 cm³/mol. The highest BCUT2D eigenvalue weighted by atomic mass is 16.5. The normalized spacial score (nSPS) is 23.1. The summed E-state index contributed by atoms with van der Waals surface area (Å²) in [5.74, 6) is -1.01. The number of piperidine rings is 1. The lowest BCUT2D eigenvalue weighted by Crippen LogP contribution is -2.55. The van der Waals surface area contributed by atoms with E-state index in [-0.39, 0.29) is 29.8 Å². The number of amides is 1. The number of nitrogens with one attached hydrogen (secondary N) is 1. The Morgan fingerprint density at radius 2 is 1.67 bits per heavy atom. The zero-order valence-corrected chi connectivity index (χ0v) is 20.9. The molecular weight excluding hydrogens is 456 g/mol. The highest BCUT2D eigenvalue weighted by Crippen LogP contribution is 2.40. The molecule has 192 valence electrons. The average molecular weight is 493 g/mol. The number of esters is 2. The highest BCUT2D eigenvalue weighted by Gasteiger charge is 2.50. The third kappa shape index (κ3) is 6.72. The molecule has 2 heterocycles. The van der Waals surface area contributed by atoms with Crippen LogP contribution in [0.2, 0.25) is 0 Å². The van der Waals surface area contributed by atoms with E-state index in [1.807, 2.05) is 48.5 Å². The number of carbonyl (C=O) groups excluding carboxylic acids is 3. The van der Waals surface area contributed by atoms with Crippen molar-refractivity contribution in [1.29, 1.82) is 0 Å². The molecule has 7 heteroatoms. The maximum absolute atomic E-state index is 13.2. The van der Waals surface area contributed by atoms with Gasteiger partial charge in [-0.25, -0.2) is 4.79 Å². The van der Waals surface area contributed by atoms with Gasteiger partial charge in [-0.05, 0) is 50.4 Å². The van der Waals surface area contributed by atoms with Gasteiger partial charge in [0.1, 0.15) is 12.7 Å². The van der Waals surface area contributed by atoms with Crippen LogP contribution in [0.4, 0.5) is 0 Å². The van der Waals surface area contributed by atoms with Crippen LogP contribution in [0.15, 0.2) is 60.7 Å². The Morgan fingerprint density at radius 1 is 0.944 bits per heavy atom. The minimum absolute atomic E-state index is 0.0552. The lowest BCUT2D eigenvalue weighted by molar-refractivity contribution is -0.145. The van der Waals surface area contributed by atoms with E-state index in [1.54, 1.807) is 12.1 Å². The topological polar surface area (TPSA) is 84.9 Å². The van der Waals surface area contributed by atoms with E-state index in [2.05, 4.69) is 17.3 Å². The van der Waals surface area contributed by atoms with Crippen molar-refractivity contribution in [2.75, 3.05) is 13.6 Å². The molecule has 2 aromatic carbocycles. The molecule has 4 atom stereocenters. The molecule has 2 bridgehead atoms. The molecule has 2 aromatic rings. The van der Waals surface area contributed by atoms with E-state index < -0.39 is 6.10 Å². The first-order valence-corrected chi connectivity index (χ1v) is 13.0. The summed E-state index contributed by atoms with van der Waals surface area (Å²) in [7, 11) is 2.06. The summed E-state index contributed by atoms with van der Waals surface area (Å²) in [4.78, 5) is 40.2. The summed E-state index contributed by atoms with van der Waals surface area (Å²) < 4.78 is 11.2. The molecule has 0 unspecified atom stereocenters. The Morgan fingerprint density at radius 3 is 2.42 bits per heavy atom. The van der Waals surface area contributed by atoms with Crippen molar-refractivity contribution in [2.24, 2.45) is 5.92 Å². The van der Waals surface area contributed by atoms with Gasteiger partial charge in [-0.3, -0.25) is 14.5 Å². The van der Waals surface area contributed by atoms with Crippen LogP contribution in [0.5, 0.6) is 0 Å². The van der Waals surface area contributed by atoms with E-state index in [9.17, 15) is 14.4 Å². The standard InChI is InChI=1S/C29H36N2O5/c1-31-23-16-17-24(31)27(25(19-23)36-29(34)22-13-7-3-8-14-22)28(33)30-18-10-4-9-15-26(32)35-20-21-11-5-2-6-12-21/h2-3,5-8,11-14,23-25,27H,4,9-10,15-20H2,1H3,(H,30,33)/t23-,24+,25-,27+/m0/s1. The minimum Gasteiger partial charge on any atom is -0.461 e. The zero-order valence-electron chi connectivity index (χ0n) is 20.9. The monoisotopic (exact) mass is 492 g/mol. The van der Waals surface area contributed by atoms with Gasteiger partial charge < -0.3 is 14.8 Å². The Hall–Kier alpha value is -3.19. The van der Waals surface area contributed by atoms with Crippen LogP contribution < -0.4 is 5.32 Å². The summed E-state index contributed by atoms with van der Waals surface area (Å²) in [6, 6.07) is 19.0. The smallest absolute Gasteiger partial charge is 0.338 e. The summed E-state index contributed by atoms with van der Waals surface area (Å²) in [5.41, 5.74) is 1.48. The van der Waals surface area contributed by atoms with Crippen LogP contribution in [-0.2, 0) is 25.7 Å². The highest BCUT2D eigenvalue weighted by molar-refractivity contribution is 5.90. The van der Waals surface area contributed by atoms with Crippen LogP contribution in [0.3, 0.4) is 0 Å². The summed E-state index contributed by atoms with van der Waals surface area (Å²) in [6.07, 6.45) is 4.90. The second kappa shape index (κ2) is 12.7. The van der Waals surface area contributed by atoms with Crippen LogP contribution in [0.1, 0.15) is 60.9 Å². The van der Waals surface area contributed by atoms with Gasteiger partial charge in [-0.15, -0.1) is 0 Å². The van der Waals surface area contributed by atoms with Crippen LogP contribution in [-0.4, -0.2) is 54.5 Å². The van der Waals surface area contributed by atoms with Crippen molar-refractivity contribution in [3.8, 4) is 0 Å². The number of hydrogen-bond acceptors (Lipinski definition) is 6. The van der Waals surface area contributed by atoms with Crippen LogP contribution >= 0.6 is 0 Å². The number of nitrogens with zero attached hydrogens (tertiary/aromatic N) is 1. The van der Waals surface area contributed by atoms with Crippen LogP contribution in [0, 0.1) is 5.92 Å². The number of benzene rings is 2. The molecule has 0 aliphatic carbocycles. The van der Waals surface area contributed by atoms with E-state index in [1.165, 1.54) is 0 Å². The van der Waals surface area contributed by atoms with Crippen molar-refractivity contribution >= 4 is 17.8 Å². The Bertz CT molecular complexity index is 1010. The number of fused-ring (bicyclic) bond motifs is 2. The number of unbranched alkanes of at least 4 members (excludes halogenated alkanes) is 2. The van der Waals surface area contributed by atoms with E-state index in [4.69, 9.17) is 9.47 Å². The lowest BCUT2D eigenvalue weighted by atomic mass is 9.86. The third-order valence-corrected chi connectivity index (χ3v) is 7.38. The quantitative estimate of drug-likeness (QED) is 0.375. The third-order valence-electron chi connectivity index (χ3n) is 7.38. The van der Waals surface area contributed by atoms with Gasteiger partial charge >= 0.3 is 11.9 Å². The minimum atomic E-state index is -0.425. The Labute approximate surface area is 213 Å². The molecule has 0 saturated carbocycles. The first-order valence-electron chi connectivity index (χ1n) is 13.0. The van der Waals surface area contributed by atoms with Crippen LogP contribution in [0.25, 0.3) is 0 Å². The first-order chi connectivity index (χ1) is 17.5. The fraction of sp³-hybridized carbons (Fsp3) is 0.483. The van der Waals surface area contributed by atoms with E-state index in [0.29, 0.717) is 37.6 Å². The molecule has 1 amide bonds. The van der Waals surface area contributed by atoms with E-state index in [0.717, 1.165) is 37.7 Å². The first kappa shape index (κ1) is 25.9. The molecule has 4 rings (SSSR count). The molecule has 0 aromatic heterocycles. The van der Waals surface area contributed by atoms with Crippen molar-refractivity contribution < 1.29 is 23.9 Å². The summed E-state index contributed by atoms with van der Waals surface area (Å²) in [5, 5.41) is 3.06. The molecular formula is C29H36N2O5. The molecule has 7 nitrogen and oxygen atoms in total.